The van der Waals surface area contributed by atoms with Crippen molar-refractivity contribution in [2.45, 2.75) is 38.3 Å². The van der Waals surface area contributed by atoms with Gasteiger partial charge in [0, 0.05) is 57.5 Å². The Kier molecular flexibility index (Phi) is 7.65. The summed E-state index contributed by atoms with van der Waals surface area (Å²) in [6.07, 6.45) is 4.96. The van der Waals surface area contributed by atoms with Gasteiger partial charge in [-0.25, -0.2) is 0 Å². The lowest BCUT2D eigenvalue weighted by Crippen LogP contribution is -2.49. The second-order valence-electron chi connectivity index (χ2n) is 8.37. The molecule has 0 amide bonds. The first kappa shape index (κ1) is 21.2. The van der Waals surface area contributed by atoms with E-state index in [1.165, 1.54) is 30.8 Å². The summed E-state index contributed by atoms with van der Waals surface area (Å²) < 4.78 is 6.14. The minimum atomic E-state index is 0.297. The van der Waals surface area contributed by atoms with E-state index in [0.29, 0.717) is 12.0 Å². The van der Waals surface area contributed by atoms with Crippen LogP contribution < -0.4 is 10.1 Å². The molecule has 0 spiro atoms. The fraction of sp³-hybridized carbons (Fsp3) is 0.542. The molecule has 1 aromatic carbocycles. The van der Waals surface area contributed by atoms with Gasteiger partial charge >= 0.3 is 0 Å². The van der Waals surface area contributed by atoms with Crippen molar-refractivity contribution < 1.29 is 4.74 Å². The monoisotopic (exact) mass is 426 g/mol. The molecule has 5 nitrogen and oxygen atoms in total. The molecule has 0 saturated carbocycles. The average Bonchev–Trinajstić information content (AvgIpc) is 3.29. The number of piperidine rings is 2. The maximum atomic E-state index is 6.14. The molecule has 1 N–H and O–H groups in total. The van der Waals surface area contributed by atoms with Gasteiger partial charge in [-0.15, -0.1) is 11.3 Å². The number of thiophene rings is 1. The molecule has 2 aliphatic rings. The van der Waals surface area contributed by atoms with E-state index in [-0.39, 0.29) is 0 Å². The van der Waals surface area contributed by atoms with Crippen molar-refractivity contribution in [1.29, 1.82) is 0 Å². The van der Waals surface area contributed by atoms with Crippen LogP contribution in [0, 0.1) is 5.92 Å². The number of guanidine groups is 1. The Morgan fingerprint density at radius 2 is 1.93 bits per heavy atom. The van der Waals surface area contributed by atoms with Crippen LogP contribution >= 0.6 is 11.3 Å². The molecule has 162 valence electrons. The summed E-state index contributed by atoms with van der Waals surface area (Å²) in [5.41, 5.74) is 0. The first-order valence-corrected chi connectivity index (χ1v) is 12.1. The molecule has 1 unspecified atom stereocenters. The number of aliphatic imine (C=N–C) groups is 1. The zero-order valence-corrected chi connectivity index (χ0v) is 18.8. The topological polar surface area (TPSA) is 40.1 Å². The lowest BCUT2D eigenvalue weighted by molar-refractivity contribution is 0.128. The first-order valence-electron chi connectivity index (χ1n) is 11.2. The molecular weight excluding hydrogens is 392 g/mol. The van der Waals surface area contributed by atoms with Crippen LogP contribution in [0.4, 0.5) is 0 Å². The van der Waals surface area contributed by atoms with Crippen molar-refractivity contribution in [2.75, 3.05) is 39.8 Å². The molecule has 1 atom stereocenters. The van der Waals surface area contributed by atoms with Crippen molar-refractivity contribution in [2.24, 2.45) is 10.9 Å². The summed E-state index contributed by atoms with van der Waals surface area (Å²) in [5.74, 6) is 2.71. The largest absolute Gasteiger partial charge is 0.490 e. The van der Waals surface area contributed by atoms with Crippen LogP contribution in [0.15, 0.2) is 52.8 Å². The molecule has 1 aromatic heterocycles. The number of hydrogen-bond acceptors (Lipinski definition) is 4. The smallest absolute Gasteiger partial charge is 0.193 e. The first-order chi connectivity index (χ1) is 14.8. The zero-order chi connectivity index (χ0) is 20.6. The third-order valence-electron chi connectivity index (χ3n) is 6.11. The van der Waals surface area contributed by atoms with Crippen LogP contribution in [-0.2, 0) is 6.54 Å². The highest BCUT2D eigenvalue weighted by atomic mass is 32.1. The van der Waals surface area contributed by atoms with E-state index >= 15 is 0 Å². The van der Waals surface area contributed by atoms with Gasteiger partial charge in [0.15, 0.2) is 5.96 Å². The Morgan fingerprint density at radius 1 is 1.10 bits per heavy atom. The van der Waals surface area contributed by atoms with E-state index in [4.69, 9.17) is 4.74 Å². The van der Waals surface area contributed by atoms with Gasteiger partial charge in [0.05, 0.1) is 0 Å². The van der Waals surface area contributed by atoms with Crippen molar-refractivity contribution in [1.82, 2.24) is 15.1 Å². The van der Waals surface area contributed by atoms with Crippen LogP contribution in [0.1, 0.15) is 30.6 Å². The van der Waals surface area contributed by atoms with Gasteiger partial charge in [-0.2, -0.15) is 0 Å². The van der Waals surface area contributed by atoms with E-state index in [1.54, 1.807) is 0 Å². The Morgan fingerprint density at radius 3 is 2.67 bits per heavy atom. The third kappa shape index (κ3) is 5.99. The summed E-state index contributed by atoms with van der Waals surface area (Å²) in [5, 5.41) is 5.84. The Balaban J connectivity index is 1.20. The standard InChI is InChI=1S/C24H34N4OS/c1-25-24(28-14-11-22(12-15-28)29-21-8-3-2-4-9-21)26-17-20-7-5-13-27(18-20)19-23-10-6-16-30-23/h2-4,6,8-10,16,20,22H,5,7,11-15,17-19H2,1H3,(H,25,26). The molecular formula is C24H34N4OS. The Bertz CT molecular complexity index is 772. The van der Waals surface area contributed by atoms with Crippen molar-refractivity contribution in [3.63, 3.8) is 0 Å². The zero-order valence-electron chi connectivity index (χ0n) is 18.0. The highest BCUT2D eigenvalue weighted by Crippen LogP contribution is 2.21. The summed E-state index contributed by atoms with van der Waals surface area (Å²) >= 11 is 1.87. The van der Waals surface area contributed by atoms with E-state index in [2.05, 4.69) is 37.6 Å². The SMILES string of the molecule is CN=C(NCC1CCCN(Cc2cccs2)C1)N1CCC(Oc2ccccc2)CC1. The quantitative estimate of drug-likeness (QED) is 0.558. The van der Waals surface area contributed by atoms with E-state index in [0.717, 1.165) is 50.7 Å². The number of para-hydroxylation sites is 1. The Labute approximate surface area is 184 Å². The van der Waals surface area contributed by atoms with E-state index in [9.17, 15) is 0 Å². The molecule has 2 fully saturated rings. The van der Waals surface area contributed by atoms with Crippen LogP contribution in [0.25, 0.3) is 0 Å². The maximum absolute atomic E-state index is 6.14. The molecule has 30 heavy (non-hydrogen) atoms. The van der Waals surface area contributed by atoms with Gasteiger partial charge in [-0.1, -0.05) is 24.3 Å². The molecule has 2 aromatic rings. The van der Waals surface area contributed by atoms with Crippen LogP contribution in [0.5, 0.6) is 5.75 Å². The number of nitrogens with one attached hydrogen (secondary N) is 1. The summed E-state index contributed by atoms with van der Waals surface area (Å²) in [6, 6.07) is 14.6. The van der Waals surface area contributed by atoms with E-state index < -0.39 is 0 Å². The molecule has 6 heteroatoms. The van der Waals surface area contributed by atoms with Crippen LogP contribution in [-0.4, -0.2) is 61.6 Å². The van der Waals surface area contributed by atoms with Gasteiger partial charge in [-0.05, 0) is 48.9 Å². The molecule has 0 radical (unpaired) electrons. The fourth-order valence-corrected chi connectivity index (χ4v) is 5.28. The lowest BCUT2D eigenvalue weighted by Gasteiger charge is -2.36. The molecule has 4 rings (SSSR count). The van der Waals surface area contributed by atoms with Gasteiger partial charge in [0.1, 0.15) is 11.9 Å². The number of rotatable bonds is 6. The van der Waals surface area contributed by atoms with Crippen LogP contribution in [0.2, 0.25) is 0 Å². The second-order valence-corrected chi connectivity index (χ2v) is 9.40. The third-order valence-corrected chi connectivity index (χ3v) is 6.97. The maximum Gasteiger partial charge on any atom is 0.193 e. The summed E-state index contributed by atoms with van der Waals surface area (Å²) in [7, 11) is 1.90. The minimum absolute atomic E-state index is 0.297. The summed E-state index contributed by atoms with van der Waals surface area (Å²) in [4.78, 5) is 11.0. The van der Waals surface area contributed by atoms with Crippen molar-refractivity contribution >= 4 is 17.3 Å². The Hall–Kier alpha value is -2.05. The minimum Gasteiger partial charge on any atom is -0.490 e. The molecule has 2 saturated heterocycles. The van der Waals surface area contributed by atoms with Gasteiger partial charge in [-0.3, -0.25) is 9.89 Å². The molecule has 3 heterocycles. The van der Waals surface area contributed by atoms with Gasteiger partial charge in [0.25, 0.3) is 0 Å². The predicted molar refractivity (Wildman–Crippen MR) is 125 cm³/mol. The molecule has 0 bridgehead atoms. The number of benzene rings is 1. The fourth-order valence-electron chi connectivity index (χ4n) is 4.53. The summed E-state index contributed by atoms with van der Waals surface area (Å²) in [6.45, 7) is 6.48. The van der Waals surface area contributed by atoms with Gasteiger partial charge in [0.2, 0.25) is 0 Å². The predicted octanol–water partition coefficient (Wildman–Crippen LogP) is 4.08. The number of ether oxygens (including phenoxy) is 1. The molecule has 2 aliphatic heterocycles. The van der Waals surface area contributed by atoms with Gasteiger partial charge < -0.3 is 15.0 Å². The number of nitrogens with zero attached hydrogens (tertiary/aromatic N) is 3. The number of hydrogen-bond donors (Lipinski definition) is 1. The lowest BCUT2D eigenvalue weighted by atomic mass is 9.98. The highest BCUT2D eigenvalue weighted by molar-refractivity contribution is 7.09. The second kappa shape index (κ2) is 10.8. The van der Waals surface area contributed by atoms with Crippen molar-refractivity contribution in [3.05, 3.63) is 52.7 Å². The number of likely N-dealkylation sites (tertiary alicyclic amines) is 2. The van der Waals surface area contributed by atoms with Crippen molar-refractivity contribution in [3.8, 4) is 5.75 Å². The molecule has 0 aliphatic carbocycles. The highest BCUT2D eigenvalue weighted by Gasteiger charge is 2.24. The average molecular weight is 427 g/mol. The van der Waals surface area contributed by atoms with E-state index in [1.807, 2.05) is 48.7 Å². The normalized spacial score (nSPS) is 21.6. The van der Waals surface area contributed by atoms with Crippen LogP contribution in [0.3, 0.4) is 0 Å².